The topological polar surface area (TPSA) is 42.3 Å². The van der Waals surface area contributed by atoms with E-state index in [0.29, 0.717) is 25.4 Å². The van der Waals surface area contributed by atoms with Crippen LogP contribution in [0.5, 0.6) is 0 Å². The van der Waals surface area contributed by atoms with Crippen molar-refractivity contribution in [2.75, 3.05) is 0 Å². The highest BCUT2D eigenvalue weighted by Gasteiger charge is 2.34. The average Bonchev–Trinajstić information content (AvgIpc) is 3.38. The fourth-order valence-electron chi connectivity index (χ4n) is 3.10. The highest BCUT2D eigenvalue weighted by Crippen LogP contribution is 2.36. The van der Waals surface area contributed by atoms with Gasteiger partial charge in [-0.25, -0.2) is 0 Å². The quantitative estimate of drug-likeness (QED) is 0.772. The molecule has 5 heteroatoms. The standard InChI is InChI=1S/C19H24N2O2S/c1-14-13-24-19(23)20(14)11-10-18(22)21(15(2)17-8-9-17)12-16-6-4-3-5-7-16/h3-7,13,15,17H,8-12H2,1-2H3/t15-/m1/s1. The van der Waals surface area contributed by atoms with Gasteiger partial charge in [0.15, 0.2) is 0 Å². The van der Waals surface area contributed by atoms with Crippen LogP contribution >= 0.6 is 11.3 Å². The van der Waals surface area contributed by atoms with Gasteiger partial charge in [-0.05, 0) is 38.2 Å². The van der Waals surface area contributed by atoms with Gasteiger partial charge in [0.05, 0.1) is 0 Å². The maximum absolute atomic E-state index is 12.9. The molecule has 24 heavy (non-hydrogen) atoms. The van der Waals surface area contributed by atoms with E-state index in [2.05, 4.69) is 19.1 Å². The highest BCUT2D eigenvalue weighted by molar-refractivity contribution is 7.07. The normalized spacial score (nSPS) is 15.2. The van der Waals surface area contributed by atoms with Gasteiger partial charge in [-0.2, -0.15) is 0 Å². The van der Waals surface area contributed by atoms with Gasteiger partial charge in [-0.3, -0.25) is 9.59 Å². The molecule has 1 aromatic heterocycles. The van der Waals surface area contributed by atoms with E-state index >= 15 is 0 Å². The molecule has 1 fully saturated rings. The van der Waals surface area contributed by atoms with E-state index in [4.69, 9.17) is 0 Å². The number of aromatic nitrogens is 1. The van der Waals surface area contributed by atoms with E-state index < -0.39 is 0 Å². The summed E-state index contributed by atoms with van der Waals surface area (Å²) in [6.45, 7) is 5.18. The van der Waals surface area contributed by atoms with Crippen LogP contribution in [0, 0.1) is 12.8 Å². The molecule has 1 aliphatic rings. The fraction of sp³-hybridized carbons (Fsp3) is 0.474. The fourth-order valence-corrected chi connectivity index (χ4v) is 3.86. The van der Waals surface area contributed by atoms with Crippen molar-refractivity contribution in [3.05, 3.63) is 56.6 Å². The summed E-state index contributed by atoms with van der Waals surface area (Å²) in [5, 5.41) is 1.85. The summed E-state index contributed by atoms with van der Waals surface area (Å²) < 4.78 is 1.70. The minimum atomic E-state index is 0.0187. The minimum absolute atomic E-state index is 0.0187. The van der Waals surface area contributed by atoms with Gasteiger partial charge >= 0.3 is 4.87 Å². The van der Waals surface area contributed by atoms with Crippen LogP contribution in [0.4, 0.5) is 0 Å². The largest absolute Gasteiger partial charge is 0.335 e. The Kier molecular flexibility index (Phi) is 5.19. The van der Waals surface area contributed by atoms with Crippen LogP contribution in [0.2, 0.25) is 0 Å². The first kappa shape index (κ1) is 17.0. The molecule has 0 radical (unpaired) electrons. The second-order valence-corrected chi connectivity index (χ2v) is 7.45. The first-order valence-corrected chi connectivity index (χ1v) is 9.42. The Morgan fingerprint density at radius 3 is 2.62 bits per heavy atom. The van der Waals surface area contributed by atoms with E-state index in [1.165, 1.54) is 24.2 Å². The van der Waals surface area contributed by atoms with Crippen molar-refractivity contribution in [3.8, 4) is 0 Å². The van der Waals surface area contributed by atoms with Crippen molar-refractivity contribution in [2.24, 2.45) is 5.92 Å². The predicted octanol–water partition coefficient (Wildman–Crippen LogP) is 3.44. The lowest BCUT2D eigenvalue weighted by atomic mass is 10.1. The van der Waals surface area contributed by atoms with Gasteiger partial charge in [0, 0.05) is 36.6 Å². The molecule has 4 nitrogen and oxygen atoms in total. The summed E-state index contributed by atoms with van der Waals surface area (Å²) in [6, 6.07) is 10.4. The van der Waals surface area contributed by atoms with Crippen LogP contribution in [0.1, 0.15) is 37.4 Å². The molecule has 1 atom stereocenters. The molecule has 128 valence electrons. The Morgan fingerprint density at radius 2 is 2.04 bits per heavy atom. The Hall–Kier alpha value is -1.88. The van der Waals surface area contributed by atoms with Gasteiger partial charge in [-0.15, -0.1) is 0 Å². The van der Waals surface area contributed by atoms with Crippen molar-refractivity contribution >= 4 is 17.2 Å². The van der Waals surface area contributed by atoms with E-state index in [-0.39, 0.29) is 16.8 Å². The van der Waals surface area contributed by atoms with Crippen molar-refractivity contribution in [3.63, 3.8) is 0 Å². The summed E-state index contributed by atoms with van der Waals surface area (Å²) >= 11 is 1.20. The molecule has 1 amide bonds. The molecule has 0 unspecified atom stereocenters. The Bertz CT molecular complexity index is 746. The average molecular weight is 344 g/mol. The van der Waals surface area contributed by atoms with E-state index in [9.17, 15) is 9.59 Å². The third-order valence-corrected chi connectivity index (χ3v) is 5.72. The van der Waals surface area contributed by atoms with Gasteiger partial charge in [-0.1, -0.05) is 41.7 Å². The number of rotatable bonds is 7. The van der Waals surface area contributed by atoms with Gasteiger partial charge in [0.25, 0.3) is 0 Å². The number of carbonyl (C=O) groups excluding carboxylic acids is 1. The molecular weight excluding hydrogens is 320 g/mol. The lowest BCUT2D eigenvalue weighted by molar-refractivity contribution is -0.134. The number of hydrogen-bond acceptors (Lipinski definition) is 3. The van der Waals surface area contributed by atoms with Crippen LogP contribution in [0.15, 0.2) is 40.5 Å². The number of nitrogens with zero attached hydrogens (tertiary/aromatic N) is 2. The molecule has 0 spiro atoms. The molecule has 1 heterocycles. The molecule has 0 saturated heterocycles. The maximum Gasteiger partial charge on any atom is 0.307 e. The number of carbonyl (C=O) groups is 1. The highest BCUT2D eigenvalue weighted by atomic mass is 32.1. The van der Waals surface area contributed by atoms with Crippen LogP contribution in [-0.2, 0) is 17.9 Å². The predicted molar refractivity (Wildman–Crippen MR) is 97.1 cm³/mol. The third kappa shape index (κ3) is 3.96. The maximum atomic E-state index is 12.9. The van der Waals surface area contributed by atoms with Gasteiger partial charge in [0.2, 0.25) is 5.91 Å². The Morgan fingerprint density at radius 1 is 1.33 bits per heavy atom. The van der Waals surface area contributed by atoms with Crippen molar-refractivity contribution in [2.45, 2.75) is 52.2 Å². The molecule has 0 N–H and O–H groups in total. The van der Waals surface area contributed by atoms with Crippen molar-refractivity contribution < 1.29 is 4.79 Å². The first-order valence-electron chi connectivity index (χ1n) is 8.54. The molecule has 2 aromatic rings. The number of benzene rings is 1. The minimum Gasteiger partial charge on any atom is -0.335 e. The van der Waals surface area contributed by atoms with Gasteiger partial charge < -0.3 is 9.47 Å². The molecule has 1 saturated carbocycles. The van der Waals surface area contributed by atoms with Crippen molar-refractivity contribution in [1.82, 2.24) is 9.47 Å². The molecule has 1 aromatic carbocycles. The van der Waals surface area contributed by atoms with Crippen molar-refractivity contribution in [1.29, 1.82) is 0 Å². The molecular formula is C19H24N2O2S. The van der Waals surface area contributed by atoms with Crippen LogP contribution < -0.4 is 4.87 Å². The lowest BCUT2D eigenvalue weighted by Gasteiger charge is -2.30. The Labute approximate surface area is 146 Å². The zero-order valence-electron chi connectivity index (χ0n) is 14.3. The summed E-state index contributed by atoms with van der Waals surface area (Å²) in [6.07, 6.45) is 2.80. The SMILES string of the molecule is Cc1csc(=O)n1CCC(=O)N(Cc1ccccc1)[C@H](C)C1CC1. The zero-order chi connectivity index (χ0) is 17.1. The Balaban J connectivity index is 1.69. The summed E-state index contributed by atoms with van der Waals surface area (Å²) in [5.41, 5.74) is 2.09. The summed E-state index contributed by atoms with van der Waals surface area (Å²) in [5.74, 6) is 0.763. The van der Waals surface area contributed by atoms with E-state index in [0.717, 1.165) is 11.3 Å². The first-order chi connectivity index (χ1) is 11.6. The molecule has 3 rings (SSSR count). The number of amides is 1. The second kappa shape index (κ2) is 7.34. The zero-order valence-corrected chi connectivity index (χ0v) is 15.1. The molecule has 1 aliphatic carbocycles. The number of thiazole rings is 1. The monoisotopic (exact) mass is 344 g/mol. The van der Waals surface area contributed by atoms with Crippen LogP contribution in [0.3, 0.4) is 0 Å². The van der Waals surface area contributed by atoms with Gasteiger partial charge in [0.1, 0.15) is 0 Å². The molecule has 0 bridgehead atoms. The van der Waals surface area contributed by atoms with Crippen LogP contribution in [0.25, 0.3) is 0 Å². The summed E-state index contributed by atoms with van der Waals surface area (Å²) in [7, 11) is 0. The second-order valence-electron chi connectivity index (χ2n) is 6.63. The number of aryl methyl sites for hydroxylation is 1. The van der Waals surface area contributed by atoms with E-state index in [1.54, 1.807) is 4.57 Å². The smallest absolute Gasteiger partial charge is 0.307 e. The number of hydrogen-bond donors (Lipinski definition) is 0. The third-order valence-electron chi connectivity index (χ3n) is 4.84. The summed E-state index contributed by atoms with van der Waals surface area (Å²) in [4.78, 5) is 26.7. The molecule has 0 aliphatic heterocycles. The van der Waals surface area contributed by atoms with Crippen LogP contribution in [-0.4, -0.2) is 21.4 Å². The van der Waals surface area contributed by atoms with E-state index in [1.807, 2.05) is 35.4 Å². The lowest BCUT2D eigenvalue weighted by Crippen LogP contribution is -2.40.